The highest BCUT2D eigenvalue weighted by molar-refractivity contribution is 6.35. The van der Waals surface area contributed by atoms with Gasteiger partial charge in [0.1, 0.15) is 6.61 Å². The van der Waals surface area contributed by atoms with Crippen LogP contribution in [-0.4, -0.2) is 25.1 Å². The first-order chi connectivity index (χ1) is 15.6. The van der Waals surface area contributed by atoms with Gasteiger partial charge in [0, 0.05) is 6.54 Å². The molecule has 32 heavy (non-hydrogen) atoms. The fourth-order valence-electron chi connectivity index (χ4n) is 2.76. The minimum absolute atomic E-state index is 0.244. The van der Waals surface area contributed by atoms with Crippen LogP contribution in [0.15, 0.2) is 77.9 Å². The lowest BCUT2D eigenvalue weighted by atomic mass is 10.2. The lowest BCUT2D eigenvalue weighted by molar-refractivity contribution is -0.139. The second-order valence-corrected chi connectivity index (χ2v) is 7.08. The molecule has 2 N–H and O–H groups in total. The van der Waals surface area contributed by atoms with Crippen molar-refractivity contribution in [1.29, 1.82) is 0 Å². The van der Waals surface area contributed by atoms with E-state index in [9.17, 15) is 9.59 Å². The molecule has 0 bridgehead atoms. The van der Waals surface area contributed by atoms with Crippen molar-refractivity contribution in [2.75, 3.05) is 7.11 Å². The first kappa shape index (κ1) is 22.8. The first-order valence-electron chi connectivity index (χ1n) is 9.76. The third kappa shape index (κ3) is 6.58. The molecule has 0 saturated carbocycles. The lowest BCUT2D eigenvalue weighted by Crippen LogP contribution is -2.37. The van der Waals surface area contributed by atoms with Crippen molar-refractivity contribution < 1.29 is 19.1 Å². The monoisotopic (exact) mass is 451 g/mol. The molecular formula is C24H22ClN3O4. The van der Waals surface area contributed by atoms with Crippen molar-refractivity contribution in [3.8, 4) is 11.5 Å². The van der Waals surface area contributed by atoms with E-state index < -0.39 is 11.8 Å². The van der Waals surface area contributed by atoms with Crippen LogP contribution in [-0.2, 0) is 22.7 Å². The summed E-state index contributed by atoms with van der Waals surface area (Å²) in [5.41, 5.74) is 4.62. The quantitative estimate of drug-likeness (QED) is 0.310. The number of nitrogens with one attached hydrogen (secondary N) is 2. The molecule has 2 amide bonds. The van der Waals surface area contributed by atoms with Gasteiger partial charge in [-0.15, -0.1) is 0 Å². The molecule has 0 aliphatic heterocycles. The molecule has 0 unspecified atom stereocenters. The number of hydrazone groups is 1. The van der Waals surface area contributed by atoms with Gasteiger partial charge in [0.15, 0.2) is 11.5 Å². The SMILES string of the molecule is COc1cc(/C=N\NC(=O)C(=O)NCc2ccccc2)cc(Cl)c1OCc1ccccc1. The van der Waals surface area contributed by atoms with E-state index in [1.54, 1.807) is 12.1 Å². The lowest BCUT2D eigenvalue weighted by Gasteiger charge is -2.13. The van der Waals surface area contributed by atoms with E-state index in [2.05, 4.69) is 15.8 Å². The maximum absolute atomic E-state index is 11.9. The van der Waals surface area contributed by atoms with Gasteiger partial charge in [-0.2, -0.15) is 5.10 Å². The second-order valence-electron chi connectivity index (χ2n) is 6.68. The Morgan fingerprint density at radius 3 is 2.28 bits per heavy atom. The maximum atomic E-state index is 11.9. The summed E-state index contributed by atoms with van der Waals surface area (Å²) >= 11 is 6.35. The number of benzene rings is 3. The Bertz CT molecular complexity index is 1090. The number of nitrogens with zero attached hydrogens (tertiary/aromatic N) is 1. The molecule has 0 saturated heterocycles. The molecule has 3 aromatic rings. The first-order valence-corrected chi connectivity index (χ1v) is 10.1. The number of carbonyl (C=O) groups excluding carboxylic acids is 2. The predicted octanol–water partition coefficient (Wildman–Crippen LogP) is 3.69. The third-order valence-corrected chi connectivity index (χ3v) is 4.64. The summed E-state index contributed by atoms with van der Waals surface area (Å²) in [4.78, 5) is 23.8. The fraction of sp³-hybridized carbons (Fsp3) is 0.125. The summed E-state index contributed by atoms with van der Waals surface area (Å²) in [6.07, 6.45) is 1.36. The third-order valence-electron chi connectivity index (χ3n) is 4.36. The van der Waals surface area contributed by atoms with E-state index >= 15 is 0 Å². The van der Waals surface area contributed by atoms with Gasteiger partial charge in [0.2, 0.25) is 0 Å². The van der Waals surface area contributed by atoms with Gasteiger partial charge in [-0.25, -0.2) is 5.43 Å². The van der Waals surface area contributed by atoms with Gasteiger partial charge in [-0.3, -0.25) is 9.59 Å². The highest BCUT2D eigenvalue weighted by atomic mass is 35.5. The van der Waals surface area contributed by atoms with Gasteiger partial charge in [-0.05, 0) is 28.8 Å². The fourth-order valence-corrected chi connectivity index (χ4v) is 3.03. The largest absolute Gasteiger partial charge is 0.493 e. The number of ether oxygens (including phenoxy) is 2. The van der Waals surface area contributed by atoms with Gasteiger partial charge in [-0.1, -0.05) is 72.3 Å². The van der Waals surface area contributed by atoms with Crippen molar-refractivity contribution in [2.45, 2.75) is 13.2 Å². The zero-order valence-electron chi connectivity index (χ0n) is 17.4. The Kier molecular flexibility index (Phi) is 8.22. The molecule has 0 fully saturated rings. The zero-order chi connectivity index (χ0) is 22.8. The molecule has 164 valence electrons. The summed E-state index contributed by atoms with van der Waals surface area (Å²) in [6.45, 7) is 0.576. The average Bonchev–Trinajstić information content (AvgIpc) is 2.82. The van der Waals surface area contributed by atoms with E-state index in [-0.39, 0.29) is 6.54 Å². The van der Waals surface area contributed by atoms with Crippen molar-refractivity contribution in [3.63, 3.8) is 0 Å². The topological polar surface area (TPSA) is 89.0 Å². The molecule has 3 rings (SSSR count). The van der Waals surface area contributed by atoms with E-state index in [4.69, 9.17) is 21.1 Å². The molecule has 0 heterocycles. The number of hydrogen-bond donors (Lipinski definition) is 2. The zero-order valence-corrected chi connectivity index (χ0v) is 18.1. The van der Waals surface area contributed by atoms with Crippen LogP contribution in [0.3, 0.4) is 0 Å². The highest BCUT2D eigenvalue weighted by Crippen LogP contribution is 2.36. The smallest absolute Gasteiger partial charge is 0.329 e. The Labute approximate surface area is 191 Å². The molecular weight excluding hydrogens is 430 g/mol. The molecule has 0 aromatic heterocycles. The van der Waals surface area contributed by atoms with E-state index in [0.717, 1.165) is 11.1 Å². The van der Waals surface area contributed by atoms with Crippen molar-refractivity contribution in [2.24, 2.45) is 5.10 Å². The maximum Gasteiger partial charge on any atom is 0.329 e. The van der Waals surface area contributed by atoms with Crippen LogP contribution in [0.4, 0.5) is 0 Å². The van der Waals surface area contributed by atoms with Crippen LogP contribution in [0, 0.1) is 0 Å². The van der Waals surface area contributed by atoms with E-state index in [1.807, 2.05) is 60.7 Å². The highest BCUT2D eigenvalue weighted by Gasteiger charge is 2.13. The molecule has 0 radical (unpaired) electrons. The summed E-state index contributed by atoms with van der Waals surface area (Å²) in [6, 6.07) is 22.2. The van der Waals surface area contributed by atoms with E-state index in [1.165, 1.54) is 13.3 Å². The van der Waals surface area contributed by atoms with Crippen molar-refractivity contribution in [1.82, 2.24) is 10.7 Å². The molecule has 8 heteroatoms. The predicted molar refractivity (Wildman–Crippen MR) is 123 cm³/mol. The van der Waals surface area contributed by atoms with Crippen LogP contribution in [0.1, 0.15) is 16.7 Å². The molecule has 0 spiro atoms. The van der Waals surface area contributed by atoms with Gasteiger partial charge >= 0.3 is 11.8 Å². The molecule has 0 aliphatic carbocycles. The van der Waals surface area contributed by atoms with Gasteiger partial charge < -0.3 is 14.8 Å². The minimum atomic E-state index is -0.877. The van der Waals surface area contributed by atoms with Crippen LogP contribution in [0.25, 0.3) is 0 Å². The van der Waals surface area contributed by atoms with Crippen LogP contribution < -0.4 is 20.2 Å². The summed E-state index contributed by atoms with van der Waals surface area (Å²) in [5.74, 6) is -0.842. The molecule has 7 nitrogen and oxygen atoms in total. The number of rotatable bonds is 8. The Hall–Kier alpha value is -3.84. The van der Waals surface area contributed by atoms with E-state index in [0.29, 0.717) is 28.7 Å². The van der Waals surface area contributed by atoms with Crippen LogP contribution >= 0.6 is 11.6 Å². The Balaban J connectivity index is 1.57. The van der Waals surface area contributed by atoms with Gasteiger partial charge in [0.25, 0.3) is 0 Å². The molecule has 0 aliphatic rings. The molecule has 3 aromatic carbocycles. The Morgan fingerprint density at radius 2 is 1.62 bits per heavy atom. The number of carbonyl (C=O) groups is 2. The summed E-state index contributed by atoms with van der Waals surface area (Å²) < 4.78 is 11.2. The number of amides is 2. The van der Waals surface area contributed by atoms with Crippen LogP contribution in [0.2, 0.25) is 5.02 Å². The Morgan fingerprint density at radius 1 is 0.969 bits per heavy atom. The van der Waals surface area contributed by atoms with Crippen LogP contribution in [0.5, 0.6) is 11.5 Å². The summed E-state index contributed by atoms with van der Waals surface area (Å²) in [7, 11) is 1.50. The number of hydrogen-bond acceptors (Lipinski definition) is 5. The summed E-state index contributed by atoms with van der Waals surface area (Å²) in [5, 5.41) is 6.67. The molecule has 0 atom stereocenters. The minimum Gasteiger partial charge on any atom is -0.493 e. The normalized spacial score (nSPS) is 10.6. The second kappa shape index (κ2) is 11.5. The van der Waals surface area contributed by atoms with Crippen molar-refractivity contribution in [3.05, 3.63) is 94.5 Å². The number of halogens is 1. The van der Waals surface area contributed by atoms with Crippen molar-refractivity contribution >= 4 is 29.6 Å². The van der Waals surface area contributed by atoms with Gasteiger partial charge in [0.05, 0.1) is 18.3 Å². The standard InChI is InChI=1S/C24H22ClN3O4/c1-31-21-13-19(12-20(25)22(21)32-16-18-10-6-3-7-11-18)15-27-28-24(30)23(29)26-14-17-8-4-2-5-9-17/h2-13,15H,14,16H2,1H3,(H,26,29)(H,28,30)/b27-15-. The number of methoxy groups -OCH3 is 1. The average molecular weight is 452 g/mol.